The Morgan fingerprint density at radius 2 is 1.76 bits per heavy atom. The van der Waals surface area contributed by atoms with Gasteiger partial charge in [-0.25, -0.2) is 9.37 Å². The zero-order valence-electron chi connectivity index (χ0n) is 17.6. The predicted molar refractivity (Wildman–Crippen MR) is 117 cm³/mol. The zero-order chi connectivity index (χ0) is 20.6. The minimum absolute atomic E-state index is 0.180. The average molecular weight is 399 g/mol. The molecule has 2 N–H and O–H groups in total. The van der Waals surface area contributed by atoms with Crippen molar-refractivity contribution in [3.8, 4) is 0 Å². The van der Waals surface area contributed by atoms with Crippen LogP contribution in [0.1, 0.15) is 23.6 Å². The standard InChI is InChI=1S/C22H31FN6/c1-4-28-9-11-29(12-10-28)21-14-19(7-8-25-21)16-27-22(24-3)26-15-18-5-6-20(23)17(2)13-18/h5-8,13-14H,4,9-12,15-16H2,1-3H3,(H2,24,26,27). The highest BCUT2D eigenvalue weighted by Gasteiger charge is 2.16. The molecule has 1 aliphatic rings. The summed E-state index contributed by atoms with van der Waals surface area (Å²) in [4.78, 5) is 13.6. The molecule has 1 aromatic heterocycles. The van der Waals surface area contributed by atoms with E-state index in [1.807, 2.05) is 18.3 Å². The number of pyridine rings is 1. The van der Waals surface area contributed by atoms with Crippen LogP contribution in [-0.2, 0) is 13.1 Å². The van der Waals surface area contributed by atoms with E-state index >= 15 is 0 Å². The van der Waals surface area contributed by atoms with Crippen molar-refractivity contribution in [2.24, 2.45) is 4.99 Å². The van der Waals surface area contributed by atoms with E-state index in [1.54, 1.807) is 20.0 Å². The van der Waals surface area contributed by atoms with Crippen molar-refractivity contribution < 1.29 is 4.39 Å². The second kappa shape index (κ2) is 10.2. The third-order valence-electron chi connectivity index (χ3n) is 5.32. The molecule has 1 fully saturated rings. The Morgan fingerprint density at radius 1 is 1.07 bits per heavy atom. The number of hydrogen-bond acceptors (Lipinski definition) is 4. The maximum absolute atomic E-state index is 13.4. The predicted octanol–water partition coefficient (Wildman–Crippen LogP) is 2.54. The molecule has 156 valence electrons. The number of aryl methyl sites for hydroxylation is 1. The van der Waals surface area contributed by atoms with Gasteiger partial charge in [0.05, 0.1) is 0 Å². The second-order valence-electron chi connectivity index (χ2n) is 7.31. The molecule has 2 aromatic rings. The zero-order valence-corrected chi connectivity index (χ0v) is 17.6. The molecule has 0 amide bonds. The van der Waals surface area contributed by atoms with Gasteiger partial charge in [-0.1, -0.05) is 19.1 Å². The van der Waals surface area contributed by atoms with Crippen molar-refractivity contribution >= 4 is 11.8 Å². The molecule has 0 bridgehead atoms. The van der Waals surface area contributed by atoms with E-state index < -0.39 is 0 Å². The quantitative estimate of drug-likeness (QED) is 0.579. The van der Waals surface area contributed by atoms with E-state index in [0.717, 1.165) is 49.7 Å². The van der Waals surface area contributed by atoms with Gasteiger partial charge in [-0.3, -0.25) is 4.99 Å². The molecule has 7 heteroatoms. The average Bonchev–Trinajstić information content (AvgIpc) is 2.76. The summed E-state index contributed by atoms with van der Waals surface area (Å²) in [7, 11) is 1.75. The maximum Gasteiger partial charge on any atom is 0.191 e. The molecule has 1 saturated heterocycles. The maximum atomic E-state index is 13.4. The van der Waals surface area contributed by atoms with Gasteiger partial charge >= 0.3 is 0 Å². The molecule has 29 heavy (non-hydrogen) atoms. The first-order valence-electron chi connectivity index (χ1n) is 10.2. The SMILES string of the molecule is CCN1CCN(c2cc(CNC(=NC)NCc3ccc(F)c(C)c3)ccn2)CC1. The minimum Gasteiger partial charge on any atom is -0.354 e. The molecule has 1 aliphatic heterocycles. The van der Waals surface area contributed by atoms with E-state index in [1.165, 1.54) is 6.07 Å². The van der Waals surface area contributed by atoms with Crippen molar-refractivity contribution in [3.05, 3.63) is 59.0 Å². The number of piperazine rings is 1. The molecule has 0 radical (unpaired) electrons. The number of anilines is 1. The summed E-state index contributed by atoms with van der Waals surface area (Å²) < 4.78 is 13.4. The fraction of sp³-hybridized carbons (Fsp3) is 0.455. The molecule has 0 spiro atoms. The van der Waals surface area contributed by atoms with Gasteiger partial charge < -0.3 is 20.4 Å². The Bertz CT molecular complexity index is 830. The van der Waals surface area contributed by atoms with Crippen LogP contribution in [0, 0.1) is 12.7 Å². The number of aromatic nitrogens is 1. The fourth-order valence-corrected chi connectivity index (χ4v) is 3.45. The summed E-state index contributed by atoms with van der Waals surface area (Å²) >= 11 is 0. The lowest BCUT2D eigenvalue weighted by Gasteiger charge is -2.34. The van der Waals surface area contributed by atoms with Crippen molar-refractivity contribution in [3.63, 3.8) is 0 Å². The van der Waals surface area contributed by atoms with Crippen LogP contribution >= 0.6 is 0 Å². The summed E-state index contributed by atoms with van der Waals surface area (Å²) in [6.07, 6.45) is 1.87. The first-order valence-corrected chi connectivity index (χ1v) is 10.2. The molecular weight excluding hydrogens is 367 g/mol. The minimum atomic E-state index is -0.180. The number of nitrogens with one attached hydrogen (secondary N) is 2. The number of benzene rings is 1. The Balaban J connectivity index is 1.52. The smallest absolute Gasteiger partial charge is 0.191 e. The van der Waals surface area contributed by atoms with Crippen molar-refractivity contribution in [2.75, 3.05) is 44.7 Å². The molecule has 2 heterocycles. The van der Waals surface area contributed by atoms with Gasteiger partial charge in [-0.15, -0.1) is 0 Å². The highest BCUT2D eigenvalue weighted by Crippen LogP contribution is 2.15. The third kappa shape index (κ3) is 5.90. The summed E-state index contributed by atoms with van der Waals surface area (Å²) in [6.45, 7) is 10.5. The summed E-state index contributed by atoms with van der Waals surface area (Å²) in [5.74, 6) is 1.56. The number of halogens is 1. The summed E-state index contributed by atoms with van der Waals surface area (Å²) in [5, 5.41) is 6.62. The first-order chi connectivity index (χ1) is 14.1. The number of hydrogen-bond donors (Lipinski definition) is 2. The van der Waals surface area contributed by atoms with E-state index in [-0.39, 0.29) is 5.82 Å². The van der Waals surface area contributed by atoms with Crippen LogP contribution in [0.2, 0.25) is 0 Å². The van der Waals surface area contributed by atoms with Crippen LogP contribution in [0.3, 0.4) is 0 Å². The Morgan fingerprint density at radius 3 is 2.38 bits per heavy atom. The highest BCUT2D eigenvalue weighted by atomic mass is 19.1. The number of aliphatic imine (C=N–C) groups is 1. The molecule has 6 nitrogen and oxygen atoms in total. The number of nitrogens with zero attached hydrogens (tertiary/aromatic N) is 4. The van der Waals surface area contributed by atoms with Gasteiger partial charge in [0, 0.05) is 52.5 Å². The van der Waals surface area contributed by atoms with E-state index in [0.29, 0.717) is 24.6 Å². The van der Waals surface area contributed by atoms with Crippen LogP contribution in [0.25, 0.3) is 0 Å². The second-order valence-corrected chi connectivity index (χ2v) is 7.31. The van der Waals surface area contributed by atoms with Crippen LogP contribution in [0.4, 0.5) is 10.2 Å². The van der Waals surface area contributed by atoms with Gasteiger partial charge in [-0.05, 0) is 48.4 Å². The molecule has 1 aromatic carbocycles. The molecule has 0 saturated carbocycles. The van der Waals surface area contributed by atoms with Crippen LogP contribution in [0.5, 0.6) is 0 Å². The molecule has 0 atom stereocenters. The van der Waals surface area contributed by atoms with Crippen LogP contribution in [0.15, 0.2) is 41.5 Å². The summed E-state index contributed by atoms with van der Waals surface area (Å²) in [6, 6.07) is 9.31. The van der Waals surface area contributed by atoms with E-state index in [2.05, 4.69) is 43.4 Å². The molecule has 0 unspecified atom stereocenters. The lowest BCUT2D eigenvalue weighted by molar-refractivity contribution is 0.270. The van der Waals surface area contributed by atoms with Crippen molar-refractivity contribution in [2.45, 2.75) is 26.9 Å². The number of likely N-dealkylation sites (N-methyl/N-ethyl adjacent to an activating group) is 1. The van der Waals surface area contributed by atoms with Gasteiger partial charge in [0.1, 0.15) is 11.6 Å². The van der Waals surface area contributed by atoms with Crippen molar-refractivity contribution in [1.82, 2.24) is 20.5 Å². The molecular formula is C22H31FN6. The monoisotopic (exact) mass is 398 g/mol. The number of guanidine groups is 1. The fourth-order valence-electron chi connectivity index (χ4n) is 3.45. The van der Waals surface area contributed by atoms with Gasteiger partial charge in [0.15, 0.2) is 5.96 Å². The third-order valence-corrected chi connectivity index (χ3v) is 5.32. The molecule has 0 aliphatic carbocycles. The molecule has 3 rings (SSSR count). The Labute approximate surface area is 172 Å². The van der Waals surface area contributed by atoms with Crippen molar-refractivity contribution in [1.29, 1.82) is 0 Å². The lowest BCUT2D eigenvalue weighted by atomic mass is 10.1. The number of rotatable bonds is 6. The first kappa shape index (κ1) is 21.0. The Hall–Kier alpha value is -2.67. The van der Waals surface area contributed by atoms with Gasteiger partial charge in [-0.2, -0.15) is 0 Å². The van der Waals surface area contributed by atoms with Crippen LogP contribution < -0.4 is 15.5 Å². The Kier molecular flexibility index (Phi) is 7.41. The van der Waals surface area contributed by atoms with Gasteiger partial charge in [0.25, 0.3) is 0 Å². The van der Waals surface area contributed by atoms with Gasteiger partial charge in [0.2, 0.25) is 0 Å². The normalized spacial score (nSPS) is 15.4. The van der Waals surface area contributed by atoms with Crippen LogP contribution in [-0.4, -0.2) is 55.6 Å². The highest BCUT2D eigenvalue weighted by molar-refractivity contribution is 5.79. The van der Waals surface area contributed by atoms with E-state index in [4.69, 9.17) is 0 Å². The topological polar surface area (TPSA) is 55.8 Å². The largest absolute Gasteiger partial charge is 0.354 e. The van der Waals surface area contributed by atoms with E-state index in [9.17, 15) is 4.39 Å². The summed E-state index contributed by atoms with van der Waals surface area (Å²) in [5.41, 5.74) is 2.83. The lowest BCUT2D eigenvalue weighted by Crippen LogP contribution is -2.46.